The molecule has 0 N–H and O–H groups in total. The lowest BCUT2D eigenvalue weighted by Gasteiger charge is -2.31. The number of esters is 2. The summed E-state index contributed by atoms with van der Waals surface area (Å²) in [5.41, 5.74) is 2.68. The normalized spacial score (nSPS) is 11.5. The van der Waals surface area contributed by atoms with E-state index in [-0.39, 0.29) is 28.7 Å². The zero-order valence-electron chi connectivity index (χ0n) is 22.3. The minimum absolute atomic E-state index is 0.252. The molecule has 0 aliphatic heterocycles. The van der Waals surface area contributed by atoms with E-state index in [2.05, 4.69) is 0 Å². The van der Waals surface area contributed by atoms with Crippen molar-refractivity contribution in [1.29, 1.82) is 0 Å². The third-order valence-electron chi connectivity index (χ3n) is 5.49. The molecule has 0 unspecified atom stereocenters. The molecule has 0 aliphatic carbocycles. The number of halogens is 2. The smallest absolute Gasteiger partial charge is 0.340 e. The topological polar surface area (TPSA) is 55.8 Å². The zero-order valence-corrected chi connectivity index (χ0v) is 23.8. The van der Waals surface area contributed by atoms with Gasteiger partial charge < -0.3 is 14.4 Å². The van der Waals surface area contributed by atoms with E-state index in [1.54, 1.807) is 64.1 Å². The molecule has 0 spiro atoms. The summed E-state index contributed by atoms with van der Waals surface area (Å²) in [5.74, 6) is -1.08. The summed E-state index contributed by atoms with van der Waals surface area (Å²) < 4.78 is 11.3. The molecule has 0 radical (unpaired) electrons. The maximum absolute atomic E-state index is 13.6. The third-order valence-corrected chi connectivity index (χ3v) is 6.00. The van der Waals surface area contributed by atoms with Crippen molar-refractivity contribution in [3.05, 3.63) is 87.4 Å². The number of hydrogen-bond donors (Lipinski definition) is 0. The van der Waals surface area contributed by atoms with Crippen molar-refractivity contribution in [1.82, 2.24) is 0 Å². The Morgan fingerprint density at radius 1 is 0.703 bits per heavy atom. The van der Waals surface area contributed by atoms with E-state index in [1.165, 1.54) is 0 Å². The summed E-state index contributed by atoms with van der Waals surface area (Å²) in [6.45, 7) is 13.2. The highest BCUT2D eigenvalue weighted by atomic mass is 35.5. The Morgan fingerprint density at radius 2 is 1.05 bits per heavy atom. The molecule has 0 bridgehead atoms. The zero-order chi connectivity index (χ0) is 27.5. The van der Waals surface area contributed by atoms with Crippen LogP contribution in [0.1, 0.15) is 74.7 Å². The molecule has 7 heteroatoms. The van der Waals surface area contributed by atoms with Crippen LogP contribution in [0.15, 0.2) is 60.7 Å². The van der Waals surface area contributed by atoms with Crippen molar-refractivity contribution in [2.45, 2.75) is 66.1 Å². The van der Waals surface area contributed by atoms with Crippen LogP contribution in [0.25, 0.3) is 0 Å². The van der Waals surface area contributed by atoms with Crippen molar-refractivity contribution in [3.8, 4) is 0 Å². The molecule has 0 aliphatic rings. The highest BCUT2D eigenvalue weighted by molar-refractivity contribution is 6.31. The van der Waals surface area contributed by atoms with Gasteiger partial charge in [-0.2, -0.15) is 0 Å². The van der Waals surface area contributed by atoms with Gasteiger partial charge in [0.25, 0.3) is 0 Å². The Labute approximate surface area is 229 Å². The Bertz CT molecular complexity index is 1170. The highest BCUT2D eigenvalue weighted by Gasteiger charge is 2.31. The number of rotatable bonds is 7. The Balaban J connectivity index is 2.46. The Morgan fingerprint density at radius 3 is 1.35 bits per heavy atom. The van der Waals surface area contributed by atoms with E-state index in [4.69, 9.17) is 32.7 Å². The van der Waals surface area contributed by atoms with E-state index in [0.717, 1.165) is 5.56 Å². The van der Waals surface area contributed by atoms with Gasteiger partial charge >= 0.3 is 11.9 Å². The number of benzene rings is 3. The number of carbonyl (C=O) groups excluding carboxylic acids is 2. The molecule has 3 rings (SSSR count). The number of nitrogens with zero attached hydrogens (tertiary/aromatic N) is 1. The number of ether oxygens (including phenoxy) is 2. The average Bonchev–Trinajstić information content (AvgIpc) is 2.80. The van der Waals surface area contributed by atoms with Crippen LogP contribution < -0.4 is 4.90 Å². The number of hydrogen-bond acceptors (Lipinski definition) is 5. The van der Waals surface area contributed by atoms with E-state index in [0.29, 0.717) is 27.1 Å². The second-order valence-electron chi connectivity index (χ2n) is 10.4. The average molecular weight is 543 g/mol. The largest absolute Gasteiger partial charge is 0.459 e. The van der Waals surface area contributed by atoms with Crippen LogP contribution in [0.2, 0.25) is 10.0 Å². The maximum atomic E-state index is 13.6. The van der Waals surface area contributed by atoms with Crippen LogP contribution in [0.3, 0.4) is 0 Å². The summed E-state index contributed by atoms with van der Waals surface area (Å²) >= 11 is 12.4. The van der Waals surface area contributed by atoms with E-state index < -0.39 is 11.9 Å². The first-order chi connectivity index (χ1) is 17.3. The minimum Gasteiger partial charge on any atom is -0.459 e. The standard InChI is InChI=1S/C30H33Cl2NO4/c1-18(2)36-28(34)25-16-20(30(5,6)7)17-26(29(35)37-19(3)4)27(25)33(23-12-8-21(31)9-13-23)24-14-10-22(32)11-15-24/h8-19H,1-7H3. The molecular weight excluding hydrogens is 509 g/mol. The van der Waals surface area contributed by atoms with Crippen molar-refractivity contribution >= 4 is 52.2 Å². The Hall–Kier alpha value is -3.02. The minimum atomic E-state index is -0.539. The van der Waals surface area contributed by atoms with E-state index in [1.807, 2.05) is 49.9 Å². The van der Waals surface area contributed by atoms with Gasteiger partial charge in [-0.05, 0) is 99.3 Å². The van der Waals surface area contributed by atoms with Gasteiger partial charge in [0.1, 0.15) is 0 Å². The molecule has 196 valence electrons. The van der Waals surface area contributed by atoms with Gasteiger partial charge in [0, 0.05) is 21.4 Å². The van der Waals surface area contributed by atoms with Gasteiger partial charge in [-0.15, -0.1) is 0 Å². The first kappa shape index (κ1) is 28.5. The first-order valence-electron chi connectivity index (χ1n) is 12.2. The van der Waals surface area contributed by atoms with E-state index in [9.17, 15) is 9.59 Å². The van der Waals surface area contributed by atoms with Gasteiger partial charge in [-0.1, -0.05) is 44.0 Å². The molecule has 0 atom stereocenters. The summed E-state index contributed by atoms with van der Waals surface area (Å²) in [6.07, 6.45) is -0.714. The molecule has 0 fully saturated rings. The fourth-order valence-electron chi connectivity index (χ4n) is 3.76. The van der Waals surface area contributed by atoms with Gasteiger partial charge in [0.15, 0.2) is 0 Å². The summed E-state index contributed by atoms with van der Waals surface area (Å²) in [5, 5.41) is 1.11. The number of anilines is 3. The summed E-state index contributed by atoms with van der Waals surface area (Å²) in [4.78, 5) is 29.0. The monoisotopic (exact) mass is 541 g/mol. The Kier molecular flexibility index (Phi) is 8.93. The number of carbonyl (C=O) groups is 2. The van der Waals surface area contributed by atoms with Crippen molar-refractivity contribution in [2.75, 3.05) is 4.90 Å². The molecule has 37 heavy (non-hydrogen) atoms. The molecule has 0 aromatic heterocycles. The van der Waals surface area contributed by atoms with Crippen LogP contribution in [-0.4, -0.2) is 24.1 Å². The van der Waals surface area contributed by atoms with Gasteiger partial charge in [0.05, 0.1) is 29.0 Å². The first-order valence-corrected chi connectivity index (χ1v) is 12.9. The molecular formula is C30H33Cl2NO4. The predicted octanol–water partition coefficient (Wildman–Crippen LogP) is 8.89. The quantitative estimate of drug-likeness (QED) is 0.279. The molecule has 5 nitrogen and oxygen atoms in total. The maximum Gasteiger partial charge on any atom is 0.340 e. The molecule has 0 heterocycles. The molecule has 3 aromatic rings. The fraction of sp³-hybridized carbons (Fsp3) is 0.333. The lowest BCUT2D eigenvalue weighted by molar-refractivity contribution is 0.0378. The van der Waals surface area contributed by atoms with Crippen LogP contribution in [-0.2, 0) is 14.9 Å². The molecule has 0 amide bonds. The van der Waals surface area contributed by atoms with E-state index >= 15 is 0 Å². The third kappa shape index (κ3) is 7.06. The fourth-order valence-corrected chi connectivity index (χ4v) is 4.01. The SMILES string of the molecule is CC(C)OC(=O)c1cc(C(C)(C)C)cc(C(=O)OC(C)C)c1N(c1ccc(Cl)cc1)c1ccc(Cl)cc1. The van der Waals surface area contributed by atoms with Gasteiger partial charge in [-0.25, -0.2) is 9.59 Å². The highest BCUT2D eigenvalue weighted by Crippen LogP contribution is 2.42. The lowest BCUT2D eigenvalue weighted by Crippen LogP contribution is -2.24. The summed E-state index contributed by atoms with van der Waals surface area (Å²) in [6, 6.07) is 17.9. The second kappa shape index (κ2) is 11.6. The van der Waals surface area contributed by atoms with Crippen LogP contribution in [0.5, 0.6) is 0 Å². The van der Waals surface area contributed by atoms with Crippen molar-refractivity contribution in [2.24, 2.45) is 0 Å². The lowest BCUT2D eigenvalue weighted by atomic mass is 9.84. The van der Waals surface area contributed by atoms with Crippen LogP contribution in [0, 0.1) is 0 Å². The van der Waals surface area contributed by atoms with Gasteiger partial charge in [-0.3, -0.25) is 0 Å². The predicted molar refractivity (Wildman–Crippen MR) is 151 cm³/mol. The van der Waals surface area contributed by atoms with Crippen LogP contribution >= 0.6 is 23.2 Å². The molecule has 3 aromatic carbocycles. The molecule has 0 saturated heterocycles. The van der Waals surface area contributed by atoms with Crippen molar-refractivity contribution in [3.63, 3.8) is 0 Å². The summed E-state index contributed by atoms with van der Waals surface area (Å²) in [7, 11) is 0. The van der Waals surface area contributed by atoms with Gasteiger partial charge in [0.2, 0.25) is 0 Å². The van der Waals surface area contributed by atoms with Crippen molar-refractivity contribution < 1.29 is 19.1 Å². The second-order valence-corrected chi connectivity index (χ2v) is 11.2. The van der Waals surface area contributed by atoms with Crippen LogP contribution in [0.4, 0.5) is 17.1 Å². The molecule has 0 saturated carbocycles.